The summed E-state index contributed by atoms with van der Waals surface area (Å²) in [5.41, 5.74) is -0.593. The third-order valence-electron chi connectivity index (χ3n) is 9.02. The molecule has 2 fully saturated rings. The Kier molecular flexibility index (Phi) is 18.4. The summed E-state index contributed by atoms with van der Waals surface area (Å²) in [5, 5.41) is 12.0. The Labute approximate surface area is 341 Å². The van der Waals surface area contributed by atoms with Crippen LogP contribution < -0.4 is 0 Å². The van der Waals surface area contributed by atoms with Gasteiger partial charge in [0.25, 0.3) is 0 Å². The topological polar surface area (TPSA) is 206 Å². The van der Waals surface area contributed by atoms with E-state index in [4.69, 9.17) is 42.6 Å². The van der Waals surface area contributed by atoms with Crippen molar-refractivity contribution in [2.45, 2.75) is 127 Å². The zero-order chi connectivity index (χ0) is 42.2. The molecule has 0 radical (unpaired) electrons. The van der Waals surface area contributed by atoms with Crippen molar-refractivity contribution >= 4 is 47.6 Å². The van der Waals surface area contributed by atoms with Crippen molar-refractivity contribution in [1.29, 1.82) is 0 Å². The molecule has 2 aromatic rings. The quantitative estimate of drug-likeness (QED) is 0.119. The maximum atomic E-state index is 13.5. The molecular formula is C41H52O16S. The van der Waals surface area contributed by atoms with E-state index < -0.39 is 110 Å². The Morgan fingerprint density at radius 3 is 1.66 bits per heavy atom. The monoisotopic (exact) mass is 832 g/mol. The van der Waals surface area contributed by atoms with Gasteiger partial charge in [-0.2, -0.15) is 0 Å². The summed E-state index contributed by atoms with van der Waals surface area (Å²) in [4.78, 5) is 75.6. The summed E-state index contributed by atoms with van der Waals surface area (Å²) in [7, 11) is 0. The van der Waals surface area contributed by atoms with Gasteiger partial charge < -0.3 is 47.7 Å². The lowest BCUT2D eigenvalue weighted by atomic mass is 9.97. The van der Waals surface area contributed by atoms with E-state index in [9.17, 15) is 33.9 Å². The Hall–Kier alpha value is -4.55. The maximum Gasteiger partial charge on any atom is 0.338 e. The molecule has 2 aliphatic rings. The first kappa shape index (κ1) is 46.1. The number of unbranched alkanes of at least 4 members (excludes halogenated alkanes) is 4. The predicted molar refractivity (Wildman–Crippen MR) is 205 cm³/mol. The molecule has 0 saturated carbocycles. The minimum absolute atomic E-state index is 0.162. The van der Waals surface area contributed by atoms with E-state index in [2.05, 4.69) is 6.92 Å². The smallest absolute Gasteiger partial charge is 0.338 e. The molecule has 0 amide bonds. The summed E-state index contributed by atoms with van der Waals surface area (Å²) in [5.74, 6) is -4.15. The van der Waals surface area contributed by atoms with Gasteiger partial charge in [-0.05, 0) is 36.4 Å². The lowest BCUT2D eigenvalue weighted by molar-refractivity contribution is -0.316. The maximum absolute atomic E-state index is 13.5. The number of hydrogen-bond acceptors (Lipinski definition) is 17. The number of ether oxygens (including phenoxy) is 9. The molecule has 2 aliphatic heterocycles. The first-order valence-corrected chi connectivity index (χ1v) is 20.2. The molecule has 2 saturated heterocycles. The van der Waals surface area contributed by atoms with Crippen molar-refractivity contribution in [3.05, 3.63) is 71.8 Å². The standard InChI is InChI=1S/C41H52O16S/c1-6-7-8-9-16-21-58-41-35(57-39(48)29-19-14-11-15-20-29)32(46)33(56-38(47)28-17-12-10-13-18-28)30(55-41)23-50-40-37(53-27(5)45)36(52-26(4)44)34(51-25(3)43)31(54-40)22-49-24(2)42/h10-15,17-20,30-37,40-41,46H,6-9,16,21-23H2,1-5H3/t30-,31-,32+,33-,34-,35+,36+,37+,40+,41+/m1/s1. The van der Waals surface area contributed by atoms with Gasteiger partial charge in [0.15, 0.2) is 36.8 Å². The highest BCUT2D eigenvalue weighted by Crippen LogP contribution is 2.36. The number of rotatable bonds is 19. The molecule has 10 atom stereocenters. The molecule has 17 heteroatoms. The molecule has 58 heavy (non-hydrogen) atoms. The van der Waals surface area contributed by atoms with Gasteiger partial charge in [0.05, 0.1) is 17.7 Å². The van der Waals surface area contributed by atoms with E-state index in [-0.39, 0.29) is 11.1 Å². The lowest BCUT2D eigenvalue weighted by Crippen LogP contribution is -2.64. The Morgan fingerprint density at radius 2 is 1.10 bits per heavy atom. The summed E-state index contributed by atoms with van der Waals surface area (Å²) < 4.78 is 52.2. The van der Waals surface area contributed by atoms with E-state index >= 15 is 0 Å². The molecule has 0 bridgehead atoms. The number of carbonyl (C=O) groups excluding carboxylic acids is 6. The van der Waals surface area contributed by atoms with Gasteiger partial charge in [0, 0.05) is 27.7 Å². The van der Waals surface area contributed by atoms with Gasteiger partial charge in [-0.25, -0.2) is 9.59 Å². The second-order valence-corrected chi connectivity index (χ2v) is 14.9. The molecule has 0 unspecified atom stereocenters. The first-order valence-electron chi connectivity index (χ1n) is 19.2. The van der Waals surface area contributed by atoms with Crippen LogP contribution in [0.3, 0.4) is 0 Å². The summed E-state index contributed by atoms with van der Waals surface area (Å²) in [6.45, 7) is 5.55. The van der Waals surface area contributed by atoms with Crippen LogP contribution >= 0.6 is 11.8 Å². The zero-order valence-corrected chi connectivity index (χ0v) is 34.0. The van der Waals surface area contributed by atoms with Crippen molar-refractivity contribution < 1.29 is 76.5 Å². The summed E-state index contributed by atoms with van der Waals surface area (Å²) in [6.07, 6.45) is -8.18. The minimum atomic E-state index is -1.64. The van der Waals surface area contributed by atoms with Gasteiger partial charge >= 0.3 is 35.8 Å². The molecule has 0 spiro atoms. The fraction of sp³-hybridized carbons (Fsp3) is 0.561. The Bertz CT molecular complexity index is 1660. The minimum Gasteiger partial charge on any atom is -0.463 e. The van der Waals surface area contributed by atoms with E-state index in [1.54, 1.807) is 48.5 Å². The highest BCUT2D eigenvalue weighted by Gasteiger charge is 2.54. The molecular weight excluding hydrogens is 781 g/mol. The number of aliphatic hydroxyl groups excluding tert-OH is 1. The largest absolute Gasteiger partial charge is 0.463 e. The Morgan fingerprint density at radius 1 is 0.586 bits per heavy atom. The van der Waals surface area contributed by atoms with Gasteiger partial charge in [-0.15, -0.1) is 11.8 Å². The van der Waals surface area contributed by atoms with Crippen LogP contribution in [0.4, 0.5) is 0 Å². The number of aliphatic hydroxyl groups is 1. The van der Waals surface area contributed by atoms with E-state index in [1.165, 1.54) is 23.9 Å². The zero-order valence-electron chi connectivity index (χ0n) is 33.2. The first-order chi connectivity index (χ1) is 27.8. The average Bonchev–Trinajstić information content (AvgIpc) is 3.19. The average molecular weight is 833 g/mol. The highest BCUT2D eigenvalue weighted by molar-refractivity contribution is 7.99. The van der Waals surface area contributed by atoms with Crippen molar-refractivity contribution in [1.82, 2.24) is 0 Å². The molecule has 16 nitrogen and oxygen atoms in total. The normalized spacial score (nSPS) is 26.7. The van der Waals surface area contributed by atoms with E-state index in [0.29, 0.717) is 5.75 Å². The molecule has 2 aromatic carbocycles. The number of esters is 6. The predicted octanol–water partition coefficient (Wildman–Crippen LogP) is 4.33. The van der Waals surface area contributed by atoms with E-state index in [0.717, 1.165) is 59.8 Å². The van der Waals surface area contributed by atoms with Crippen LogP contribution in [0.15, 0.2) is 60.7 Å². The third-order valence-corrected chi connectivity index (χ3v) is 10.3. The summed E-state index contributed by atoms with van der Waals surface area (Å²) >= 11 is 1.31. The van der Waals surface area contributed by atoms with Gasteiger partial charge in [0.1, 0.15) is 30.4 Å². The lowest BCUT2D eigenvalue weighted by Gasteiger charge is -2.46. The van der Waals surface area contributed by atoms with Crippen LogP contribution in [-0.2, 0) is 61.8 Å². The van der Waals surface area contributed by atoms with Crippen molar-refractivity contribution in [3.63, 3.8) is 0 Å². The van der Waals surface area contributed by atoms with Crippen LogP contribution in [0, 0.1) is 0 Å². The number of carbonyl (C=O) groups is 6. The van der Waals surface area contributed by atoms with Crippen LogP contribution in [0.1, 0.15) is 87.4 Å². The molecule has 0 aliphatic carbocycles. The van der Waals surface area contributed by atoms with Crippen LogP contribution in [0.25, 0.3) is 0 Å². The number of hydrogen-bond donors (Lipinski definition) is 1. The summed E-state index contributed by atoms with van der Waals surface area (Å²) in [6, 6.07) is 16.2. The van der Waals surface area contributed by atoms with Gasteiger partial charge in [-0.3, -0.25) is 19.2 Å². The number of thioether (sulfide) groups is 1. The third kappa shape index (κ3) is 13.8. The van der Waals surface area contributed by atoms with Gasteiger partial charge in [-0.1, -0.05) is 69.0 Å². The van der Waals surface area contributed by atoms with Crippen molar-refractivity contribution in [2.24, 2.45) is 0 Å². The van der Waals surface area contributed by atoms with Gasteiger partial charge in [0.2, 0.25) is 0 Å². The SMILES string of the molecule is CCCCCCCS[C@@H]1O[C@H](CO[C@H]2O[C@H](COC(C)=O)[C@@H](OC(C)=O)[C@H](OC(C)=O)[C@@H]2OC(C)=O)[C@@H](OC(=O)c2ccccc2)[C@H](O)[C@@H]1OC(=O)c1ccccc1. The number of benzene rings is 2. The molecule has 0 aromatic heterocycles. The van der Waals surface area contributed by atoms with Crippen molar-refractivity contribution in [3.8, 4) is 0 Å². The van der Waals surface area contributed by atoms with Crippen molar-refractivity contribution in [2.75, 3.05) is 19.0 Å². The molecule has 4 rings (SSSR count). The molecule has 2 heterocycles. The van der Waals surface area contributed by atoms with Crippen LogP contribution in [0.2, 0.25) is 0 Å². The Balaban J connectivity index is 1.69. The van der Waals surface area contributed by atoms with Crippen LogP contribution in [0.5, 0.6) is 0 Å². The van der Waals surface area contributed by atoms with Crippen LogP contribution in [-0.4, -0.2) is 120 Å². The fourth-order valence-electron chi connectivity index (χ4n) is 6.38. The van der Waals surface area contributed by atoms with E-state index in [1.807, 2.05) is 0 Å². The highest BCUT2D eigenvalue weighted by atomic mass is 32.2. The molecule has 1 N–H and O–H groups in total. The second kappa shape index (κ2) is 23.1. The fourth-order valence-corrected chi connectivity index (χ4v) is 7.61. The second-order valence-electron chi connectivity index (χ2n) is 13.7. The molecule has 318 valence electrons.